The molecule has 1 aromatic rings. The third kappa shape index (κ3) is 3.41. The molecule has 0 spiro atoms. The second-order valence-electron chi connectivity index (χ2n) is 2.91. The third-order valence-corrected chi connectivity index (χ3v) is 1.71. The molecule has 3 heteroatoms. The largest absolute Gasteiger partial charge is 0.277 e. The summed E-state index contributed by atoms with van der Waals surface area (Å²) in [5.41, 5.74) is 4.39. The first-order chi connectivity index (χ1) is 6.72. The summed E-state index contributed by atoms with van der Waals surface area (Å²) in [6.07, 6.45) is 3.15. The molecule has 0 aliphatic heterocycles. The fourth-order valence-electron chi connectivity index (χ4n) is 0.984. The monoisotopic (exact) mass is 191 g/mol. The third-order valence-electron chi connectivity index (χ3n) is 1.71. The van der Waals surface area contributed by atoms with Crippen LogP contribution in [0.4, 0.5) is 0 Å². The Morgan fingerprint density at radius 3 is 2.57 bits per heavy atom. The predicted molar refractivity (Wildman–Crippen MR) is 55.4 cm³/mol. The lowest BCUT2D eigenvalue weighted by atomic mass is 10.1. The maximum absolute atomic E-state index is 11.0. The van der Waals surface area contributed by atoms with Gasteiger partial charge in [-0.3, -0.25) is 9.63 Å². The van der Waals surface area contributed by atoms with Crippen LogP contribution in [-0.4, -0.2) is 13.0 Å². The number of hydroxylamine groups is 1. The molecule has 1 N–H and O–H groups in total. The average molecular weight is 191 g/mol. The van der Waals surface area contributed by atoms with Crippen molar-refractivity contribution in [3.8, 4) is 0 Å². The van der Waals surface area contributed by atoms with Gasteiger partial charge in [0.2, 0.25) is 0 Å². The van der Waals surface area contributed by atoms with Gasteiger partial charge < -0.3 is 0 Å². The molecular formula is C11H13NO2. The van der Waals surface area contributed by atoms with Crippen LogP contribution in [0.5, 0.6) is 0 Å². The molecule has 0 atom stereocenters. The van der Waals surface area contributed by atoms with Gasteiger partial charge in [0.25, 0.3) is 5.91 Å². The second kappa shape index (κ2) is 5.19. The number of hydrogen-bond donors (Lipinski definition) is 1. The maximum atomic E-state index is 11.0. The molecule has 1 rings (SSSR count). The number of aryl methyl sites for hydroxylation is 1. The summed E-state index contributed by atoms with van der Waals surface area (Å²) in [6.45, 7) is 2.02. The SMILES string of the molecule is CONC(=O)/C=C/c1ccc(C)cc1. The Labute approximate surface area is 83.3 Å². The molecule has 0 aromatic heterocycles. The molecule has 0 aliphatic rings. The topological polar surface area (TPSA) is 38.3 Å². The lowest BCUT2D eigenvalue weighted by Crippen LogP contribution is -2.18. The van der Waals surface area contributed by atoms with Crippen LogP contribution in [0.15, 0.2) is 30.3 Å². The van der Waals surface area contributed by atoms with Crippen molar-refractivity contribution in [3.63, 3.8) is 0 Å². The first-order valence-electron chi connectivity index (χ1n) is 4.30. The van der Waals surface area contributed by atoms with Crippen LogP contribution in [-0.2, 0) is 9.63 Å². The van der Waals surface area contributed by atoms with Crippen molar-refractivity contribution in [1.29, 1.82) is 0 Å². The number of benzene rings is 1. The van der Waals surface area contributed by atoms with Gasteiger partial charge in [-0.1, -0.05) is 29.8 Å². The lowest BCUT2D eigenvalue weighted by molar-refractivity contribution is -0.126. The van der Waals surface area contributed by atoms with E-state index in [9.17, 15) is 4.79 Å². The first-order valence-corrected chi connectivity index (χ1v) is 4.30. The number of hydrogen-bond acceptors (Lipinski definition) is 2. The summed E-state index contributed by atoms with van der Waals surface area (Å²) < 4.78 is 0. The minimum Gasteiger partial charge on any atom is -0.277 e. The molecule has 0 saturated heterocycles. The smallest absolute Gasteiger partial charge is 0.267 e. The standard InChI is InChI=1S/C11H13NO2/c1-9-3-5-10(6-4-9)7-8-11(13)12-14-2/h3-8H,1-2H3,(H,12,13)/b8-7+. The molecule has 0 unspecified atom stereocenters. The van der Waals surface area contributed by atoms with Crippen LogP contribution < -0.4 is 5.48 Å². The fraction of sp³-hybridized carbons (Fsp3) is 0.182. The van der Waals surface area contributed by atoms with Crippen molar-refractivity contribution in [2.75, 3.05) is 7.11 Å². The summed E-state index contributed by atoms with van der Waals surface area (Å²) in [5.74, 6) is -0.270. The zero-order chi connectivity index (χ0) is 10.4. The number of carbonyl (C=O) groups is 1. The van der Waals surface area contributed by atoms with Gasteiger partial charge in [0.1, 0.15) is 0 Å². The molecule has 0 heterocycles. The van der Waals surface area contributed by atoms with Crippen LogP contribution in [0, 0.1) is 6.92 Å². The normalized spacial score (nSPS) is 10.4. The zero-order valence-corrected chi connectivity index (χ0v) is 8.28. The number of amides is 1. The molecule has 14 heavy (non-hydrogen) atoms. The van der Waals surface area contributed by atoms with E-state index in [2.05, 4.69) is 10.3 Å². The van der Waals surface area contributed by atoms with E-state index < -0.39 is 0 Å². The summed E-state index contributed by atoms with van der Waals surface area (Å²) in [6, 6.07) is 7.89. The van der Waals surface area contributed by atoms with Crippen LogP contribution in [0.25, 0.3) is 6.08 Å². The van der Waals surface area contributed by atoms with E-state index in [-0.39, 0.29) is 5.91 Å². The van der Waals surface area contributed by atoms with E-state index in [1.807, 2.05) is 31.2 Å². The highest BCUT2D eigenvalue weighted by Crippen LogP contribution is 2.04. The van der Waals surface area contributed by atoms with Crippen molar-refractivity contribution in [3.05, 3.63) is 41.5 Å². The van der Waals surface area contributed by atoms with Gasteiger partial charge >= 0.3 is 0 Å². The van der Waals surface area contributed by atoms with E-state index in [0.717, 1.165) is 5.56 Å². The molecule has 0 radical (unpaired) electrons. The highest BCUT2D eigenvalue weighted by atomic mass is 16.6. The molecule has 74 valence electrons. The highest BCUT2D eigenvalue weighted by Gasteiger charge is 1.91. The predicted octanol–water partition coefficient (Wildman–Crippen LogP) is 1.69. The number of carbonyl (C=O) groups excluding carboxylic acids is 1. The van der Waals surface area contributed by atoms with Gasteiger partial charge in [-0.15, -0.1) is 0 Å². The zero-order valence-electron chi connectivity index (χ0n) is 8.28. The number of rotatable bonds is 3. The molecule has 0 bridgehead atoms. The Morgan fingerprint density at radius 1 is 1.36 bits per heavy atom. The van der Waals surface area contributed by atoms with Crippen LogP contribution in [0.1, 0.15) is 11.1 Å². The van der Waals surface area contributed by atoms with Crippen LogP contribution >= 0.6 is 0 Å². The van der Waals surface area contributed by atoms with Gasteiger partial charge in [-0.05, 0) is 18.6 Å². The van der Waals surface area contributed by atoms with Crippen LogP contribution in [0.2, 0.25) is 0 Å². The molecule has 3 nitrogen and oxygen atoms in total. The Kier molecular flexibility index (Phi) is 3.88. The molecule has 1 aromatic carbocycles. The Hall–Kier alpha value is -1.61. The van der Waals surface area contributed by atoms with Crippen molar-refractivity contribution in [2.24, 2.45) is 0 Å². The molecule has 1 amide bonds. The Bertz CT molecular complexity index is 328. The van der Waals surface area contributed by atoms with Gasteiger partial charge in [0, 0.05) is 6.08 Å². The van der Waals surface area contributed by atoms with E-state index in [4.69, 9.17) is 0 Å². The van der Waals surface area contributed by atoms with Crippen molar-refractivity contribution < 1.29 is 9.63 Å². The fourth-order valence-corrected chi connectivity index (χ4v) is 0.984. The lowest BCUT2D eigenvalue weighted by Gasteiger charge is -1.96. The van der Waals surface area contributed by atoms with Gasteiger partial charge in [-0.25, -0.2) is 5.48 Å². The Balaban J connectivity index is 2.60. The summed E-state index contributed by atoms with van der Waals surface area (Å²) in [4.78, 5) is 15.4. The van der Waals surface area contributed by atoms with E-state index in [1.165, 1.54) is 18.7 Å². The molecule has 0 saturated carbocycles. The minimum absolute atomic E-state index is 0.270. The molecule has 0 fully saturated rings. The second-order valence-corrected chi connectivity index (χ2v) is 2.91. The van der Waals surface area contributed by atoms with E-state index in [0.29, 0.717) is 0 Å². The van der Waals surface area contributed by atoms with Gasteiger partial charge in [-0.2, -0.15) is 0 Å². The quantitative estimate of drug-likeness (QED) is 0.583. The maximum Gasteiger partial charge on any atom is 0.267 e. The highest BCUT2D eigenvalue weighted by molar-refractivity contribution is 5.90. The van der Waals surface area contributed by atoms with Gasteiger partial charge in [0.05, 0.1) is 7.11 Å². The van der Waals surface area contributed by atoms with E-state index in [1.54, 1.807) is 6.08 Å². The van der Waals surface area contributed by atoms with Gasteiger partial charge in [0.15, 0.2) is 0 Å². The van der Waals surface area contributed by atoms with E-state index >= 15 is 0 Å². The van der Waals surface area contributed by atoms with Crippen molar-refractivity contribution >= 4 is 12.0 Å². The summed E-state index contributed by atoms with van der Waals surface area (Å²) in [5, 5.41) is 0. The molecule has 0 aliphatic carbocycles. The summed E-state index contributed by atoms with van der Waals surface area (Å²) in [7, 11) is 1.40. The summed E-state index contributed by atoms with van der Waals surface area (Å²) >= 11 is 0. The van der Waals surface area contributed by atoms with Crippen molar-refractivity contribution in [2.45, 2.75) is 6.92 Å². The van der Waals surface area contributed by atoms with Crippen LogP contribution in [0.3, 0.4) is 0 Å². The molecular weight excluding hydrogens is 178 g/mol. The van der Waals surface area contributed by atoms with Crippen molar-refractivity contribution in [1.82, 2.24) is 5.48 Å². The first kappa shape index (κ1) is 10.5. The minimum atomic E-state index is -0.270. The average Bonchev–Trinajstić information content (AvgIpc) is 2.17. The number of nitrogens with one attached hydrogen (secondary N) is 1. The Morgan fingerprint density at radius 2 is 2.00 bits per heavy atom.